The van der Waals surface area contributed by atoms with Crippen LogP contribution >= 0.6 is 11.3 Å². The van der Waals surface area contributed by atoms with Crippen LogP contribution in [-0.2, 0) is 17.8 Å². The van der Waals surface area contributed by atoms with E-state index >= 15 is 0 Å². The highest BCUT2D eigenvalue weighted by Gasteiger charge is 2.32. The maximum absolute atomic E-state index is 12.0. The van der Waals surface area contributed by atoms with Gasteiger partial charge in [0.1, 0.15) is 12.4 Å². The van der Waals surface area contributed by atoms with Crippen molar-refractivity contribution in [2.75, 3.05) is 4.90 Å². The van der Waals surface area contributed by atoms with E-state index < -0.39 is 0 Å². The molecule has 0 saturated heterocycles. The lowest BCUT2D eigenvalue weighted by atomic mass is 9.93. The van der Waals surface area contributed by atoms with Crippen LogP contribution in [0.2, 0.25) is 0 Å². The van der Waals surface area contributed by atoms with Gasteiger partial charge in [0.2, 0.25) is 5.91 Å². The third kappa shape index (κ3) is 2.03. The molecular formula is C16H14N4OS. The minimum Gasteiger partial charge on any atom is -0.368 e. The predicted molar refractivity (Wildman–Crippen MR) is 86.7 cm³/mol. The Kier molecular flexibility index (Phi) is 3.04. The number of fused-ring (bicyclic) bond motifs is 2. The number of anilines is 1. The number of carbonyl (C=O) groups is 1. The van der Waals surface area contributed by atoms with Crippen LogP contribution in [0.25, 0.3) is 10.2 Å². The first-order valence-corrected chi connectivity index (χ1v) is 7.93. The topological polar surface area (TPSA) is 72.1 Å². The second-order valence-corrected chi connectivity index (χ2v) is 6.27. The number of hydrogen-bond acceptors (Lipinski definition) is 5. The quantitative estimate of drug-likeness (QED) is 0.787. The van der Waals surface area contributed by atoms with Crippen LogP contribution in [0.4, 0.5) is 5.82 Å². The van der Waals surface area contributed by atoms with Gasteiger partial charge in [-0.15, -0.1) is 11.3 Å². The first kappa shape index (κ1) is 13.2. The molecule has 3 heterocycles. The van der Waals surface area contributed by atoms with E-state index in [1.807, 2.05) is 28.5 Å². The summed E-state index contributed by atoms with van der Waals surface area (Å²) < 4.78 is 0.994. The van der Waals surface area contributed by atoms with E-state index in [0.29, 0.717) is 13.0 Å². The van der Waals surface area contributed by atoms with E-state index in [1.165, 1.54) is 11.1 Å². The Bertz CT molecular complexity index is 860. The molecule has 5 nitrogen and oxygen atoms in total. The van der Waals surface area contributed by atoms with E-state index in [1.54, 1.807) is 17.7 Å². The predicted octanol–water partition coefficient (Wildman–Crippen LogP) is 2.11. The van der Waals surface area contributed by atoms with Gasteiger partial charge in [0.05, 0.1) is 10.2 Å². The van der Waals surface area contributed by atoms with Crippen molar-refractivity contribution in [2.24, 2.45) is 5.73 Å². The Morgan fingerprint density at radius 3 is 2.86 bits per heavy atom. The van der Waals surface area contributed by atoms with E-state index in [9.17, 15) is 4.79 Å². The summed E-state index contributed by atoms with van der Waals surface area (Å²) in [5.41, 5.74) is 8.94. The number of thiophene rings is 1. The van der Waals surface area contributed by atoms with Crippen LogP contribution < -0.4 is 10.6 Å². The number of benzene rings is 1. The molecule has 0 unspecified atom stereocenters. The molecule has 0 saturated carbocycles. The van der Waals surface area contributed by atoms with Gasteiger partial charge in [-0.05, 0) is 22.6 Å². The van der Waals surface area contributed by atoms with Crippen molar-refractivity contribution < 1.29 is 4.79 Å². The van der Waals surface area contributed by atoms with Crippen LogP contribution in [0.3, 0.4) is 0 Å². The Morgan fingerprint density at radius 2 is 2.05 bits per heavy atom. The second kappa shape index (κ2) is 5.06. The average Bonchev–Trinajstić information content (AvgIpc) is 3.02. The Morgan fingerprint density at radius 1 is 1.23 bits per heavy atom. The molecule has 110 valence electrons. The van der Waals surface area contributed by atoms with Crippen LogP contribution in [0.5, 0.6) is 0 Å². The minimum absolute atomic E-state index is 0.321. The lowest BCUT2D eigenvalue weighted by Crippen LogP contribution is -2.49. The van der Waals surface area contributed by atoms with Crippen molar-refractivity contribution in [3.8, 4) is 0 Å². The van der Waals surface area contributed by atoms with E-state index in [2.05, 4.69) is 22.1 Å². The maximum atomic E-state index is 12.0. The van der Waals surface area contributed by atoms with E-state index in [0.717, 1.165) is 16.0 Å². The average molecular weight is 310 g/mol. The molecule has 22 heavy (non-hydrogen) atoms. The molecule has 6 heteroatoms. The van der Waals surface area contributed by atoms with Crippen LogP contribution in [0.15, 0.2) is 42.0 Å². The molecule has 1 atom stereocenters. The standard InChI is InChI=1S/C16H14N4OS/c17-15(21)13-7-10-3-1-2-4-11(10)8-20(13)16-14-12(5-6-22-14)18-9-19-16/h1-6,9,13H,7-8H2,(H2,17,21)/t13-/m0/s1. The molecule has 0 aliphatic carbocycles. The summed E-state index contributed by atoms with van der Waals surface area (Å²) in [5.74, 6) is 0.469. The highest BCUT2D eigenvalue weighted by Crippen LogP contribution is 2.33. The summed E-state index contributed by atoms with van der Waals surface area (Å²) in [4.78, 5) is 22.7. The van der Waals surface area contributed by atoms with Crippen LogP contribution in [-0.4, -0.2) is 21.9 Å². The van der Waals surface area contributed by atoms with Crippen molar-refractivity contribution in [1.29, 1.82) is 0 Å². The largest absolute Gasteiger partial charge is 0.368 e. The lowest BCUT2D eigenvalue weighted by Gasteiger charge is -2.36. The fourth-order valence-corrected chi connectivity index (χ4v) is 3.83. The van der Waals surface area contributed by atoms with Crippen molar-refractivity contribution in [2.45, 2.75) is 19.0 Å². The van der Waals surface area contributed by atoms with Crippen molar-refractivity contribution in [3.05, 3.63) is 53.2 Å². The van der Waals surface area contributed by atoms with Gasteiger partial charge in [-0.2, -0.15) is 0 Å². The number of hydrogen-bond donors (Lipinski definition) is 1. The van der Waals surface area contributed by atoms with E-state index in [-0.39, 0.29) is 11.9 Å². The SMILES string of the molecule is NC(=O)[C@@H]1Cc2ccccc2CN1c1ncnc2ccsc12. The summed E-state index contributed by atoms with van der Waals surface area (Å²) in [7, 11) is 0. The van der Waals surface area contributed by atoms with Crippen LogP contribution in [0.1, 0.15) is 11.1 Å². The molecule has 2 N–H and O–H groups in total. The third-order valence-corrected chi connectivity index (χ3v) is 4.97. The zero-order valence-electron chi connectivity index (χ0n) is 11.8. The fourth-order valence-electron chi connectivity index (χ4n) is 2.98. The summed E-state index contributed by atoms with van der Waals surface area (Å²) in [6.07, 6.45) is 2.16. The van der Waals surface area contributed by atoms with Gasteiger partial charge >= 0.3 is 0 Å². The molecule has 0 spiro atoms. The minimum atomic E-state index is -0.380. The number of rotatable bonds is 2. The third-order valence-electron chi connectivity index (χ3n) is 4.07. The van der Waals surface area contributed by atoms with Crippen molar-refractivity contribution in [3.63, 3.8) is 0 Å². The summed E-state index contributed by atoms with van der Waals surface area (Å²) >= 11 is 1.58. The van der Waals surface area contributed by atoms with Crippen molar-refractivity contribution in [1.82, 2.24) is 9.97 Å². The molecule has 2 aromatic heterocycles. The fraction of sp³-hybridized carbons (Fsp3) is 0.188. The summed E-state index contributed by atoms with van der Waals surface area (Å²) in [6.45, 7) is 0.633. The number of nitrogens with two attached hydrogens (primary N) is 1. The normalized spacial score (nSPS) is 17.5. The van der Waals surface area contributed by atoms with Gasteiger partial charge in [0, 0.05) is 13.0 Å². The Labute approximate surface area is 131 Å². The van der Waals surface area contributed by atoms with Gasteiger partial charge in [-0.25, -0.2) is 9.97 Å². The molecule has 1 aromatic carbocycles. The molecule has 4 rings (SSSR count). The first-order chi connectivity index (χ1) is 10.7. The highest BCUT2D eigenvalue weighted by atomic mass is 32.1. The molecule has 1 aliphatic rings. The summed E-state index contributed by atoms with van der Waals surface area (Å²) in [5, 5.41) is 1.99. The number of carbonyl (C=O) groups excluding carboxylic acids is 1. The van der Waals surface area contributed by atoms with Gasteiger partial charge in [-0.3, -0.25) is 4.79 Å². The number of aromatic nitrogens is 2. The van der Waals surface area contributed by atoms with Gasteiger partial charge in [0.25, 0.3) is 0 Å². The number of nitrogens with zero attached hydrogens (tertiary/aromatic N) is 3. The smallest absolute Gasteiger partial charge is 0.240 e. The van der Waals surface area contributed by atoms with Gasteiger partial charge in [-0.1, -0.05) is 24.3 Å². The molecule has 1 amide bonds. The monoisotopic (exact) mass is 310 g/mol. The molecule has 0 radical (unpaired) electrons. The zero-order chi connectivity index (χ0) is 15.1. The maximum Gasteiger partial charge on any atom is 0.240 e. The molecular weight excluding hydrogens is 296 g/mol. The first-order valence-electron chi connectivity index (χ1n) is 7.05. The van der Waals surface area contributed by atoms with Gasteiger partial charge < -0.3 is 10.6 Å². The molecule has 0 bridgehead atoms. The number of amides is 1. The van der Waals surface area contributed by atoms with E-state index in [4.69, 9.17) is 5.73 Å². The van der Waals surface area contributed by atoms with Crippen molar-refractivity contribution >= 4 is 33.3 Å². The van der Waals surface area contributed by atoms with Gasteiger partial charge in [0.15, 0.2) is 5.82 Å². The molecule has 1 aliphatic heterocycles. The lowest BCUT2D eigenvalue weighted by molar-refractivity contribution is -0.119. The Balaban J connectivity index is 1.85. The summed E-state index contributed by atoms with van der Waals surface area (Å²) in [6, 6.07) is 9.74. The highest BCUT2D eigenvalue weighted by molar-refractivity contribution is 7.17. The number of primary amides is 1. The van der Waals surface area contributed by atoms with Crippen LogP contribution in [0, 0.1) is 0 Å². The second-order valence-electron chi connectivity index (χ2n) is 5.35. The molecule has 3 aromatic rings. The molecule has 0 fully saturated rings. The Hall–Kier alpha value is -2.47. The zero-order valence-corrected chi connectivity index (χ0v) is 12.6.